The molecule has 0 aliphatic carbocycles. The van der Waals surface area contributed by atoms with Crippen LogP contribution in [0.25, 0.3) is 27.5 Å². The van der Waals surface area contributed by atoms with E-state index in [1.54, 1.807) is 54.3 Å². The molecule has 7 rings (SSSR count). The van der Waals surface area contributed by atoms with Crippen LogP contribution in [-0.4, -0.2) is 47.4 Å². The Morgan fingerprint density at radius 2 is 1.73 bits per heavy atom. The fourth-order valence-electron chi connectivity index (χ4n) is 5.38. The summed E-state index contributed by atoms with van der Waals surface area (Å²) >= 11 is 0. The normalized spacial score (nSPS) is 13.6. The van der Waals surface area contributed by atoms with Gasteiger partial charge in [0.05, 0.1) is 28.5 Å². The number of amides is 2. The molecule has 6 aromatic rings. The van der Waals surface area contributed by atoms with E-state index in [-0.39, 0.29) is 40.1 Å². The molecule has 1 aliphatic rings. The van der Waals surface area contributed by atoms with Crippen molar-refractivity contribution in [3.63, 3.8) is 0 Å². The van der Waals surface area contributed by atoms with Gasteiger partial charge in [0.1, 0.15) is 24.0 Å². The molecule has 0 saturated carbocycles. The lowest BCUT2D eigenvalue weighted by molar-refractivity contribution is -0.137. The molecule has 11 nitrogen and oxygen atoms in total. The molecule has 0 saturated heterocycles. The van der Waals surface area contributed by atoms with Gasteiger partial charge in [0.15, 0.2) is 17.4 Å². The lowest BCUT2D eigenvalue weighted by atomic mass is 10.1. The molecule has 13 heteroatoms. The first-order chi connectivity index (χ1) is 21.2. The molecule has 1 atom stereocenters. The Hall–Kier alpha value is -5.98. The number of carbonyl (C=O) groups excluding carboxylic acids is 2. The minimum Gasteiger partial charge on any atom is -0.482 e. The number of ether oxygens (including phenoxy) is 1. The van der Waals surface area contributed by atoms with E-state index in [1.165, 1.54) is 29.1 Å². The van der Waals surface area contributed by atoms with Crippen LogP contribution in [0.3, 0.4) is 0 Å². The Morgan fingerprint density at radius 1 is 0.977 bits per heavy atom. The van der Waals surface area contributed by atoms with E-state index in [0.29, 0.717) is 28.2 Å². The molecule has 2 amide bonds. The van der Waals surface area contributed by atoms with Crippen LogP contribution in [0.2, 0.25) is 0 Å². The molecule has 1 unspecified atom stereocenters. The van der Waals surface area contributed by atoms with Gasteiger partial charge in [0.25, 0.3) is 11.8 Å². The van der Waals surface area contributed by atoms with Crippen molar-refractivity contribution < 1.29 is 33.0 Å². The number of rotatable bonds is 7. The summed E-state index contributed by atoms with van der Waals surface area (Å²) in [6.07, 6.45) is 3.99. The van der Waals surface area contributed by atoms with Crippen molar-refractivity contribution in [2.24, 2.45) is 0 Å². The van der Waals surface area contributed by atoms with Gasteiger partial charge in [0, 0.05) is 34.8 Å². The Kier molecular flexibility index (Phi) is 6.16. The first-order valence-electron chi connectivity index (χ1n) is 13.3. The number of aliphatic carboxylic acids is 1. The zero-order valence-corrected chi connectivity index (χ0v) is 22.8. The van der Waals surface area contributed by atoms with Gasteiger partial charge in [-0.3, -0.25) is 19.1 Å². The Morgan fingerprint density at radius 3 is 2.41 bits per heavy atom. The van der Waals surface area contributed by atoms with Gasteiger partial charge < -0.3 is 9.84 Å². The number of carboxylic acid groups (broad SMARTS) is 1. The van der Waals surface area contributed by atoms with Crippen LogP contribution in [0.5, 0.6) is 5.75 Å². The van der Waals surface area contributed by atoms with Crippen molar-refractivity contribution in [2.75, 3.05) is 4.90 Å². The van der Waals surface area contributed by atoms with Crippen molar-refractivity contribution in [1.29, 1.82) is 0 Å². The number of hydrogen-bond acceptors (Lipinski definition) is 7. The maximum atomic E-state index is 14.9. The average molecular weight is 595 g/mol. The summed E-state index contributed by atoms with van der Waals surface area (Å²) in [6.45, 7) is 1.31. The highest BCUT2D eigenvalue weighted by molar-refractivity contribution is 6.34. The van der Waals surface area contributed by atoms with Gasteiger partial charge in [-0.05, 0) is 49.4 Å². The third-order valence-corrected chi connectivity index (χ3v) is 7.36. The summed E-state index contributed by atoms with van der Waals surface area (Å²) in [5.74, 6) is -4.60. The van der Waals surface area contributed by atoms with Gasteiger partial charge in [-0.2, -0.15) is 10.2 Å². The smallest absolute Gasteiger partial charge is 0.325 e. The lowest BCUT2D eigenvalue weighted by Crippen LogP contribution is -2.31. The van der Waals surface area contributed by atoms with Crippen LogP contribution in [0.15, 0.2) is 79.3 Å². The van der Waals surface area contributed by atoms with Gasteiger partial charge in [-0.1, -0.05) is 12.1 Å². The van der Waals surface area contributed by atoms with Crippen LogP contribution in [0.4, 0.5) is 14.6 Å². The quantitative estimate of drug-likeness (QED) is 0.253. The second-order valence-electron chi connectivity index (χ2n) is 10.1. The predicted octanol–water partition coefficient (Wildman–Crippen LogP) is 5.07. The highest BCUT2D eigenvalue weighted by Crippen LogP contribution is 2.39. The number of benzene rings is 3. The van der Waals surface area contributed by atoms with Gasteiger partial charge >= 0.3 is 5.97 Å². The minimum absolute atomic E-state index is 0.0485. The third kappa shape index (κ3) is 4.33. The molecule has 0 bridgehead atoms. The molecule has 1 N–H and O–H groups in total. The number of pyridine rings is 1. The second kappa shape index (κ2) is 10.1. The summed E-state index contributed by atoms with van der Waals surface area (Å²) in [5.41, 5.74) is 1.67. The number of carboxylic acids is 1. The molecule has 0 fully saturated rings. The molecule has 44 heavy (non-hydrogen) atoms. The van der Waals surface area contributed by atoms with E-state index < -0.39 is 35.5 Å². The van der Waals surface area contributed by atoms with Crippen molar-refractivity contribution >= 4 is 45.4 Å². The fourth-order valence-corrected chi connectivity index (χ4v) is 5.38. The Bertz CT molecular complexity index is 2130. The van der Waals surface area contributed by atoms with Crippen LogP contribution >= 0.6 is 0 Å². The largest absolute Gasteiger partial charge is 0.482 e. The van der Waals surface area contributed by atoms with Gasteiger partial charge in [-0.25, -0.2) is 23.3 Å². The molecular formula is C31H20F2N6O5. The number of carbonyl (C=O) groups is 3. The number of anilines is 1. The molecule has 1 aliphatic heterocycles. The van der Waals surface area contributed by atoms with Crippen molar-refractivity contribution in [1.82, 2.24) is 24.5 Å². The van der Waals surface area contributed by atoms with Crippen molar-refractivity contribution in [3.8, 4) is 11.4 Å². The first-order valence-corrected chi connectivity index (χ1v) is 13.3. The molecule has 3 aromatic carbocycles. The molecule has 4 heterocycles. The van der Waals surface area contributed by atoms with E-state index >= 15 is 0 Å². The van der Waals surface area contributed by atoms with E-state index in [4.69, 9.17) is 4.74 Å². The summed E-state index contributed by atoms with van der Waals surface area (Å²) in [4.78, 5) is 43.4. The average Bonchev–Trinajstić information content (AvgIpc) is 3.72. The van der Waals surface area contributed by atoms with E-state index in [0.717, 1.165) is 11.0 Å². The number of aromatic nitrogens is 5. The second-order valence-corrected chi connectivity index (χ2v) is 10.1. The van der Waals surface area contributed by atoms with Crippen molar-refractivity contribution in [3.05, 3.63) is 108 Å². The van der Waals surface area contributed by atoms with Crippen LogP contribution in [0.1, 0.15) is 39.3 Å². The Balaban J connectivity index is 1.39. The first kappa shape index (κ1) is 26.9. The van der Waals surface area contributed by atoms with E-state index in [2.05, 4.69) is 15.2 Å². The monoisotopic (exact) mass is 594 g/mol. The van der Waals surface area contributed by atoms with Crippen molar-refractivity contribution in [2.45, 2.75) is 19.6 Å². The summed E-state index contributed by atoms with van der Waals surface area (Å²) in [5, 5.41) is 18.6. The number of fused-ring (bicyclic) bond motifs is 3. The zero-order chi connectivity index (χ0) is 30.7. The highest BCUT2D eigenvalue weighted by atomic mass is 19.1. The maximum absolute atomic E-state index is 14.9. The van der Waals surface area contributed by atoms with Crippen LogP contribution in [-0.2, 0) is 11.3 Å². The predicted molar refractivity (Wildman–Crippen MR) is 153 cm³/mol. The molecular weight excluding hydrogens is 574 g/mol. The SMILES string of the molecule is CC(Oc1cc2cc(F)cc(F)c2nc1N1C(=O)c2ccccc2C1=O)c1cc2c(cnn2CC(=O)O)cc1-n1cccn1. The van der Waals surface area contributed by atoms with Gasteiger partial charge in [0.2, 0.25) is 0 Å². The number of imide groups is 1. The lowest BCUT2D eigenvalue weighted by Gasteiger charge is -2.23. The molecule has 3 aromatic heterocycles. The number of nitrogens with zero attached hydrogens (tertiary/aromatic N) is 6. The summed E-state index contributed by atoms with van der Waals surface area (Å²) < 4.78 is 38.4. The van der Waals surface area contributed by atoms with E-state index in [1.807, 2.05) is 0 Å². The van der Waals surface area contributed by atoms with E-state index in [9.17, 15) is 28.3 Å². The number of hydrogen-bond donors (Lipinski definition) is 1. The summed E-state index contributed by atoms with van der Waals surface area (Å²) in [7, 11) is 0. The standard InChI is InChI=1S/C31H20F2N6O5/c1-16(22-13-24-18(14-35-38(24)15-27(40)41)10-25(22)37-8-4-7-34-37)44-26-11-17-9-19(32)12-23(33)28(17)36-29(26)39-30(42)20-5-2-3-6-21(20)31(39)43/h2-14,16H,15H2,1H3,(H,40,41). The number of halogens is 2. The topological polar surface area (TPSA) is 132 Å². The van der Waals surface area contributed by atoms with Crippen LogP contribution in [0, 0.1) is 11.6 Å². The highest BCUT2D eigenvalue weighted by Gasteiger charge is 2.39. The fraction of sp³-hybridized carbons (Fsp3) is 0.0968. The molecule has 0 radical (unpaired) electrons. The Labute approximate surface area is 246 Å². The van der Waals surface area contributed by atoms with Gasteiger partial charge in [-0.15, -0.1) is 0 Å². The molecule has 0 spiro atoms. The molecule has 218 valence electrons. The minimum atomic E-state index is -1.08. The summed E-state index contributed by atoms with van der Waals surface area (Å²) in [6, 6.07) is 14.5. The maximum Gasteiger partial charge on any atom is 0.325 e. The van der Waals surface area contributed by atoms with Crippen LogP contribution < -0.4 is 9.64 Å². The zero-order valence-electron chi connectivity index (χ0n) is 22.8. The third-order valence-electron chi connectivity index (χ3n) is 7.36.